The van der Waals surface area contributed by atoms with Gasteiger partial charge in [0.1, 0.15) is 5.75 Å². The highest BCUT2D eigenvalue weighted by Gasteiger charge is 2.28. The maximum absolute atomic E-state index is 12.2. The third kappa shape index (κ3) is 3.47. The first kappa shape index (κ1) is 14.5. The lowest BCUT2D eigenvalue weighted by Gasteiger charge is -2.29. The van der Waals surface area contributed by atoms with Crippen LogP contribution in [0.2, 0.25) is 0 Å². The van der Waals surface area contributed by atoms with Crippen molar-refractivity contribution in [1.82, 2.24) is 10.2 Å². The first-order valence-electron chi connectivity index (χ1n) is 5.98. The van der Waals surface area contributed by atoms with E-state index >= 15 is 0 Å². The van der Waals surface area contributed by atoms with Crippen LogP contribution in [0.5, 0.6) is 5.75 Å². The van der Waals surface area contributed by atoms with E-state index in [1.54, 1.807) is 26.1 Å². The van der Waals surface area contributed by atoms with Gasteiger partial charge in [0.15, 0.2) is 0 Å². The summed E-state index contributed by atoms with van der Waals surface area (Å²) < 4.78 is 5.17. The third-order valence-corrected chi connectivity index (χ3v) is 3.06. The number of methoxy groups -OCH3 is 1. The van der Waals surface area contributed by atoms with E-state index in [0.717, 1.165) is 11.3 Å². The van der Waals surface area contributed by atoms with Gasteiger partial charge in [-0.05, 0) is 38.6 Å². The molecule has 0 aliphatic heterocycles. The van der Waals surface area contributed by atoms with Crippen LogP contribution in [0.25, 0.3) is 0 Å². The van der Waals surface area contributed by atoms with E-state index in [1.807, 2.05) is 38.1 Å². The normalized spacial score (nSPS) is 11.2. The fraction of sp³-hybridized carbons (Fsp3) is 0.500. The van der Waals surface area contributed by atoms with Gasteiger partial charge in [0.25, 0.3) is 0 Å². The first-order chi connectivity index (χ1) is 8.40. The van der Waals surface area contributed by atoms with Crippen molar-refractivity contribution in [2.45, 2.75) is 25.9 Å². The number of carbonyl (C=O) groups excluding carboxylic acids is 1. The van der Waals surface area contributed by atoms with Crippen LogP contribution in [-0.4, -0.2) is 37.6 Å². The molecule has 0 heterocycles. The number of ether oxygens (including phenoxy) is 1. The molecule has 0 aliphatic carbocycles. The number of carbonyl (C=O) groups is 1. The summed E-state index contributed by atoms with van der Waals surface area (Å²) in [4.78, 5) is 13.9. The summed E-state index contributed by atoms with van der Waals surface area (Å²) in [5.41, 5.74) is 0.505. The summed E-state index contributed by atoms with van der Waals surface area (Å²) in [6.07, 6.45) is 0. The molecule has 4 heteroatoms. The molecule has 0 saturated heterocycles. The Labute approximate surface area is 109 Å². The lowest BCUT2D eigenvalue weighted by Crippen LogP contribution is -2.51. The molecule has 0 atom stereocenters. The Balaban J connectivity index is 2.75. The quantitative estimate of drug-likeness (QED) is 0.864. The van der Waals surface area contributed by atoms with Gasteiger partial charge in [0, 0.05) is 13.6 Å². The molecule has 0 spiro atoms. The fourth-order valence-corrected chi connectivity index (χ4v) is 1.70. The van der Waals surface area contributed by atoms with Crippen molar-refractivity contribution < 1.29 is 9.53 Å². The van der Waals surface area contributed by atoms with E-state index in [9.17, 15) is 4.79 Å². The van der Waals surface area contributed by atoms with Crippen molar-refractivity contribution in [2.24, 2.45) is 0 Å². The minimum absolute atomic E-state index is 0.0628. The zero-order chi connectivity index (χ0) is 13.8. The molecular formula is C14H22N2O2. The van der Waals surface area contributed by atoms with Gasteiger partial charge in [-0.1, -0.05) is 12.1 Å². The average Bonchev–Trinajstić information content (AvgIpc) is 2.37. The van der Waals surface area contributed by atoms with Crippen molar-refractivity contribution >= 4 is 5.91 Å². The Morgan fingerprint density at radius 2 is 2.11 bits per heavy atom. The maximum atomic E-state index is 12.2. The minimum atomic E-state index is -0.548. The number of hydrogen-bond donors (Lipinski definition) is 1. The average molecular weight is 250 g/mol. The molecule has 0 aliphatic rings. The predicted molar refractivity (Wildman–Crippen MR) is 72.6 cm³/mol. The Bertz CT molecular complexity index is 416. The second-order valence-corrected chi connectivity index (χ2v) is 4.89. The standard InChI is InChI=1S/C14H22N2O2/c1-14(2,15-3)13(17)16(4)10-11-7-6-8-12(9-11)18-5/h6-9,15H,10H2,1-5H3. The van der Waals surface area contributed by atoms with Crippen LogP contribution in [0.15, 0.2) is 24.3 Å². The monoisotopic (exact) mass is 250 g/mol. The van der Waals surface area contributed by atoms with Crippen molar-refractivity contribution in [3.63, 3.8) is 0 Å². The summed E-state index contributed by atoms with van der Waals surface area (Å²) in [7, 11) is 5.23. The zero-order valence-electron chi connectivity index (χ0n) is 11.8. The molecule has 0 aromatic heterocycles. The molecule has 1 rings (SSSR count). The van der Waals surface area contributed by atoms with E-state index in [-0.39, 0.29) is 5.91 Å². The highest BCUT2D eigenvalue weighted by atomic mass is 16.5. The van der Waals surface area contributed by atoms with Gasteiger partial charge >= 0.3 is 0 Å². The van der Waals surface area contributed by atoms with Gasteiger partial charge in [0.2, 0.25) is 5.91 Å². The lowest BCUT2D eigenvalue weighted by atomic mass is 10.0. The number of rotatable bonds is 5. The van der Waals surface area contributed by atoms with Gasteiger partial charge < -0.3 is 15.0 Å². The highest BCUT2D eigenvalue weighted by Crippen LogP contribution is 2.15. The molecule has 0 radical (unpaired) electrons. The van der Waals surface area contributed by atoms with Crippen LogP contribution in [-0.2, 0) is 11.3 Å². The number of benzene rings is 1. The van der Waals surface area contributed by atoms with E-state index in [4.69, 9.17) is 4.74 Å². The third-order valence-electron chi connectivity index (χ3n) is 3.06. The minimum Gasteiger partial charge on any atom is -0.497 e. The Morgan fingerprint density at radius 1 is 1.44 bits per heavy atom. The Hall–Kier alpha value is -1.55. The number of likely N-dealkylation sites (N-methyl/N-ethyl adjacent to an activating group) is 2. The fourth-order valence-electron chi connectivity index (χ4n) is 1.70. The molecule has 0 unspecified atom stereocenters. The van der Waals surface area contributed by atoms with Crippen molar-refractivity contribution in [1.29, 1.82) is 0 Å². The molecule has 1 aromatic carbocycles. The van der Waals surface area contributed by atoms with E-state index in [1.165, 1.54) is 0 Å². The van der Waals surface area contributed by atoms with Crippen molar-refractivity contribution in [3.05, 3.63) is 29.8 Å². The number of amides is 1. The molecule has 100 valence electrons. The molecule has 0 saturated carbocycles. The Kier molecular flexibility index (Phi) is 4.73. The summed E-state index contributed by atoms with van der Waals surface area (Å²) in [6.45, 7) is 4.32. The van der Waals surface area contributed by atoms with Gasteiger partial charge in [0.05, 0.1) is 12.6 Å². The van der Waals surface area contributed by atoms with Gasteiger partial charge in [-0.15, -0.1) is 0 Å². The van der Waals surface area contributed by atoms with Crippen LogP contribution in [0.1, 0.15) is 19.4 Å². The van der Waals surface area contributed by atoms with Crippen molar-refractivity contribution in [3.8, 4) is 5.75 Å². The van der Waals surface area contributed by atoms with E-state index in [2.05, 4.69) is 5.32 Å². The van der Waals surface area contributed by atoms with E-state index < -0.39 is 5.54 Å². The predicted octanol–water partition coefficient (Wildman–Crippen LogP) is 1.65. The summed E-state index contributed by atoms with van der Waals surface area (Å²) in [5.74, 6) is 0.869. The number of nitrogens with zero attached hydrogens (tertiary/aromatic N) is 1. The molecule has 1 N–H and O–H groups in total. The molecule has 4 nitrogen and oxygen atoms in total. The number of hydrogen-bond acceptors (Lipinski definition) is 3. The first-order valence-corrected chi connectivity index (χ1v) is 5.98. The molecular weight excluding hydrogens is 228 g/mol. The zero-order valence-corrected chi connectivity index (χ0v) is 11.8. The largest absolute Gasteiger partial charge is 0.497 e. The van der Waals surface area contributed by atoms with Gasteiger partial charge in [-0.3, -0.25) is 4.79 Å². The molecule has 0 fully saturated rings. The maximum Gasteiger partial charge on any atom is 0.242 e. The summed E-state index contributed by atoms with van der Waals surface area (Å²) in [6, 6.07) is 7.74. The second-order valence-electron chi connectivity index (χ2n) is 4.89. The van der Waals surface area contributed by atoms with Crippen LogP contribution < -0.4 is 10.1 Å². The number of nitrogens with one attached hydrogen (secondary N) is 1. The molecule has 18 heavy (non-hydrogen) atoms. The topological polar surface area (TPSA) is 41.6 Å². The summed E-state index contributed by atoms with van der Waals surface area (Å²) >= 11 is 0. The van der Waals surface area contributed by atoms with E-state index in [0.29, 0.717) is 6.54 Å². The van der Waals surface area contributed by atoms with Gasteiger partial charge in [-0.25, -0.2) is 0 Å². The van der Waals surface area contributed by atoms with Crippen LogP contribution in [0, 0.1) is 0 Å². The molecule has 1 amide bonds. The second kappa shape index (κ2) is 5.87. The SMILES string of the molecule is CNC(C)(C)C(=O)N(C)Cc1cccc(OC)c1. The molecule has 1 aromatic rings. The smallest absolute Gasteiger partial charge is 0.242 e. The van der Waals surface area contributed by atoms with Gasteiger partial charge in [-0.2, -0.15) is 0 Å². The Morgan fingerprint density at radius 3 is 2.67 bits per heavy atom. The molecule has 0 bridgehead atoms. The lowest BCUT2D eigenvalue weighted by molar-refractivity contribution is -0.136. The van der Waals surface area contributed by atoms with Crippen molar-refractivity contribution in [2.75, 3.05) is 21.2 Å². The summed E-state index contributed by atoms with van der Waals surface area (Å²) in [5, 5.41) is 3.01. The van der Waals surface area contributed by atoms with Crippen LogP contribution >= 0.6 is 0 Å². The van der Waals surface area contributed by atoms with Crippen LogP contribution in [0.4, 0.5) is 0 Å². The highest BCUT2D eigenvalue weighted by molar-refractivity contribution is 5.85. The van der Waals surface area contributed by atoms with Crippen LogP contribution in [0.3, 0.4) is 0 Å².